The number of unbranched alkanes of at least 4 members (excludes halogenated alkanes) is 1. The fourth-order valence-electron chi connectivity index (χ4n) is 2.18. The first-order chi connectivity index (χ1) is 12.6. The number of carbonyl (C=O) groups excluding carboxylic acids is 1. The molecule has 0 radical (unpaired) electrons. The number of nitrogens with one attached hydrogen (secondary N) is 1. The molecule has 26 heavy (non-hydrogen) atoms. The van der Waals surface area contributed by atoms with Gasteiger partial charge in [-0.15, -0.1) is 0 Å². The Balaban J connectivity index is 1.81. The summed E-state index contributed by atoms with van der Waals surface area (Å²) in [5.74, 6) is 0.0393. The SMILES string of the molecule is CCCC[C@H](NC(=O)COc1ccc(Oc2ccccn2)cc1)C(=O)O. The van der Waals surface area contributed by atoms with Crippen LogP contribution in [0.25, 0.3) is 0 Å². The van der Waals surface area contributed by atoms with E-state index in [1.807, 2.05) is 13.0 Å². The average molecular weight is 358 g/mol. The maximum absolute atomic E-state index is 11.9. The van der Waals surface area contributed by atoms with E-state index in [9.17, 15) is 9.59 Å². The first kappa shape index (κ1) is 19.2. The van der Waals surface area contributed by atoms with Gasteiger partial charge in [0.25, 0.3) is 5.91 Å². The first-order valence-corrected chi connectivity index (χ1v) is 8.42. The van der Waals surface area contributed by atoms with E-state index in [4.69, 9.17) is 14.6 Å². The highest BCUT2D eigenvalue weighted by atomic mass is 16.5. The number of hydrogen-bond donors (Lipinski definition) is 2. The number of aromatic nitrogens is 1. The Hall–Kier alpha value is -3.09. The minimum atomic E-state index is -1.04. The van der Waals surface area contributed by atoms with Crippen LogP contribution >= 0.6 is 0 Å². The monoisotopic (exact) mass is 358 g/mol. The standard InChI is InChI=1S/C19H22N2O5/c1-2-3-6-16(19(23)24)21-17(22)13-25-14-8-10-15(11-9-14)26-18-7-4-5-12-20-18/h4-5,7-12,16H,2-3,6,13H2,1H3,(H,21,22)(H,23,24)/t16-/m0/s1. The van der Waals surface area contributed by atoms with E-state index in [1.165, 1.54) is 0 Å². The molecule has 1 amide bonds. The van der Waals surface area contributed by atoms with Crippen molar-refractivity contribution in [3.8, 4) is 17.4 Å². The summed E-state index contributed by atoms with van der Waals surface area (Å²) in [5, 5.41) is 11.6. The van der Waals surface area contributed by atoms with Gasteiger partial charge in [-0.05, 0) is 36.8 Å². The van der Waals surface area contributed by atoms with Crippen LogP contribution in [0.4, 0.5) is 0 Å². The van der Waals surface area contributed by atoms with Gasteiger partial charge in [-0.1, -0.05) is 25.8 Å². The summed E-state index contributed by atoms with van der Waals surface area (Å²) in [6.07, 6.45) is 3.63. The van der Waals surface area contributed by atoms with Crippen LogP contribution in [0.15, 0.2) is 48.7 Å². The molecular formula is C19H22N2O5. The molecule has 0 saturated heterocycles. The molecule has 0 aliphatic rings. The zero-order valence-electron chi connectivity index (χ0n) is 14.6. The lowest BCUT2D eigenvalue weighted by Crippen LogP contribution is -2.42. The Kier molecular flexibility index (Phi) is 7.42. The lowest BCUT2D eigenvalue weighted by atomic mass is 10.1. The maximum Gasteiger partial charge on any atom is 0.326 e. The van der Waals surface area contributed by atoms with Crippen LogP contribution in [0.3, 0.4) is 0 Å². The molecule has 1 aromatic heterocycles. The summed E-state index contributed by atoms with van der Waals surface area (Å²) < 4.78 is 10.9. The maximum atomic E-state index is 11.9. The van der Waals surface area contributed by atoms with Gasteiger partial charge in [0.1, 0.15) is 17.5 Å². The molecule has 1 aromatic carbocycles. The predicted molar refractivity (Wildman–Crippen MR) is 95.3 cm³/mol. The molecule has 0 aliphatic heterocycles. The number of benzene rings is 1. The number of hydrogen-bond acceptors (Lipinski definition) is 5. The third kappa shape index (κ3) is 6.43. The molecule has 0 spiro atoms. The van der Waals surface area contributed by atoms with Crippen molar-refractivity contribution in [3.05, 3.63) is 48.7 Å². The molecule has 7 heteroatoms. The number of amides is 1. The highest BCUT2D eigenvalue weighted by Crippen LogP contribution is 2.22. The van der Waals surface area contributed by atoms with Gasteiger partial charge in [-0.25, -0.2) is 9.78 Å². The fraction of sp³-hybridized carbons (Fsp3) is 0.316. The van der Waals surface area contributed by atoms with Crippen molar-refractivity contribution in [2.45, 2.75) is 32.2 Å². The summed E-state index contributed by atoms with van der Waals surface area (Å²) in [6, 6.07) is 11.2. The summed E-state index contributed by atoms with van der Waals surface area (Å²) in [5.41, 5.74) is 0. The third-order valence-electron chi connectivity index (χ3n) is 3.53. The van der Waals surface area contributed by atoms with Gasteiger partial charge in [0.05, 0.1) is 0 Å². The molecule has 0 bridgehead atoms. The number of carboxylic acid groups (broad SMARTS) is 1. The number of pyridine rings is 1. The van der Waals surface area contributed by atoms with Crippen molar-refractivity contribution in [2.24, 2.45) is 0 Å². The number of carboxylic acids is 1. The molecule has 2 rings (SSSR count). The quantitative estimate of drug-likeness (QED) is 0.677. The van der Waals surface area contributed by atoms with Crippen LogP contribution in [-0.2, 0) is 9.59 Å². The van der Waals surface area contributed by atoms with Gasteiger partial charge >= 0.3 is 5.97 Å². The predicted octanol–water partition coefficient (Wildman–Crippen LogP) is 3.01. The van der Waals surface area contributed by atoms with Crippen molar-refractivity contribution in [1.82, 2.24) is 10.3 Å². The average Bonchev–Trinajstić information content (AvgIpc) is 2.65. The lowest BCUT2D eigenvalue weighted by molar-refractivity contribution is -0.142. The molecule has 138 valence electrons. The van der Waals surface area contributed by atoms with Crippen molar-refractivity contribution in [1.29, 1.82) is 0 Å². The number of nitrogens with zero attached hydrogens (tertiary/aromatic N) is 1. The van der Waals surface area contributed by atoms with Crippen LogP contribution in [0.5, 0.6) is 17.4 Å². The zero-order chi connectivity index (χ0) is 18.8. The molecule has 2 aromatic rings. The van der Waals surface area contributed by atoms with E-state index in [0.717, 1.165) is 12.8 Å². The van der Waals surface area contributed by atoms with E-state index in [-0.39, 0.29) is 6.61 Å². The van der Waals surface area contributed by atoms with Crippen molar-refractivity contribution in [2.75, 3.05) is 6.61 Å². The highest BCUT2D eigenvalue weighted by Gasteiger charge is 2.19. The third-order valence-corrected chi connectivity index (χ3v) is 3.53. The second kappa shape index (κ2) is 10.0. The van der Waals surface area contributed by atoms with E-state index >= 15 is 0 Å². The van der Waals surface area contributed by atoms with Crippen molar-refractivity contribution in [3.63, 3.8) is 0 Å². The van der Waals surface area contributed by atoms with Crippen molar-refractivity contribution >= 4 is 11.9 Å². The Morgan fingerprint density at radius 1 is 1.15 bits per heavy atom. The van der Waals surface area contributed by atoms with Gasteiger partial charge < -0.3 is 19.9 Å². The number of rotatable bonds is 10. The molecule has 0 unspecified atom stereocenters. The molecule has 2 N–H and O–H groups in total. The summed E-state index contributed by atoms with van der Waals surface area (Å²) in [7, 11) is 0. The first-order valence-electron chi connectivity index (χ1n) is 8.42. The largest absolute Gasteiger partial charge is 0.484 e. The lowest BCUT2D eigenvalue weighted by Gasteiger charge is -2.14. The zero-order valence-corrected chi connectivity index (χ0v) is 14.6. The highest BCUT2D eigenvalue weighted by molar-refractivity contribution is 5.84. The normalized spacial score (nSPS) is 11.4. The summed E-state index contributed by atoms with van der Waals surface area (Å²) in [6.45, 7) is 1.71. The van der Waals surface area contributed by atoms with Crippen LogP contribution in [0.2, 0.25) is 0 Å². The second-order valence-corrected chi connectivity index (χ2v) is 5.63. The molecule has 0 fully saturated rings. The molecule has 7 nitrogen and oxygen atoms in total. The molecule has 1 heterocycles. The number of aliphatic carboxylic acids is 1. The van der Waals surface area contributed by atoms with Crippen LogP contribution in [0.1, 0.15) is 26.2 Å². The molecular weight excluding hydrogens is 336 g/mol. The Morgan fingerprint density at radius 3 is 2.50 bits per heavy atom. The van der Waals surface area contributed by atoms with Gasteiger partial charge in [-0.3, -0.25) is 4.79 Å². The van der Waals surface area contributed by atoms with Gasteiger partial charge in [0.15, 0.2) is 6.61 Å². The molecule has 1 atom stereocenters. The van der Waals surface area contributed by atoms with Crippen LogP contribution in [0, 0.1) is 0 Å². The van der Waals surface area contributed by atoms with E-state index in [0.29, 0.717) is 23.8 Å². The van der Waals surface area contributed by atoms with Crippen molar-refractivity contribution < 1.29 is 24.2 Å². The topological polar surface area (TPSA) is 97.8 Å². The summed E-state index contributed by atoms with van der Waals surface area (Å²) >= 11 is 0. The van der Waals surface area contributed by atoms with Crippen LogP contribution in [-0.4, -0.2) is 34.6 Å². The smallest absolute Gasteiger partial charge is 0.326 e. The number of ether oxygens (including phenoxy) is 2. The van der Waals surface area contributed by atoms with Gasteiger partial charge in [-0.2, -0.15) is 0 Å². The minimum absolute atomic E-state index is 0.254. The Bertz CT molecular complexity index is 704. The Labute approximate surface area is 152 Å². The second-order valence-electron chi connectivity index (χ2n) is 5.63. The van der Waals surface area contributed by atoms with Gasteiger partial charge in [0, 0.05) is 12.3 Å². The van der Waals surface area contributed by atoms with E-state index in [2.05, 4.69) is 10.3 Å². The van der Waals surface area contributed by atoms with E-state index < -0.39 is 17.9 Å². The molecule has 0 saturated carbocycles. The Morgan fingerprint density at radius 2 is 1.88 bits per heavy atom. The minimum Gasteiger partial charge on any atom is -0.484 e. The molecule has 0 aliphatic carbocycles. The van der Waals surface area contributed by atoms with Crippen LogP contribution < -0.4 is 14.8 Å². The fourth-order valence-corrected chi connectivity index (χ4v) is 2.18. The van der Waals surface area contributed by atoms with Gasteiger partial charge in [0.2, 0.25) is 5.88 Å². The number of carbonyl (C=O) groups is 2. The van der Waals surface area contributed by atoms with E-state index in [1.54, 1.807) is 42.6 Å². The summed E-state index contributed by atoms with van der Waals surface area (Å²) in [4.78, 5) is 27.1.